The van der Waals surface area contributed by atoms with Crippen LogP contribution in [0.25, 0.3) is 0 Å². The molecule has 22 heavy (non-hydrogen) atoms. The van der Waals surface area contributed by atoms with E-state index in [1.54, 1.807) is 24.4 Å². The third-order valence-corrected chi connectivity index (χ3v) is 3.80. The number of nitrogens with one attached hydrogen (secondary N) is 2. The van der Waals surface area contributed by atoms with Crippen LogP contribution in [-0.2, 0) is 0 Å². The van der Waals surface area contributed by atoms with Crippen molar-refractivity contribution in [1.82, 2.24) is 4.98 Å². The average Bonchev–Trinajstić information content (AvgIpc) is 3.00. The molecule has 3 rings (SSSR count). The predicted molar refractivity (Wildman–Crippen MR) is 84.5 cm³/mol. The van der Waals surface area contributed by atoms with Gasteiger partial charge in [0.1, 0.15) is 11.5 Å². The number of hydrogen-bond donors (Lipinski definition) is 2. The lowest BCUT2D eigenvalue weighted by molar-refractivity contribution is 0.102. The maximum absolute atomic E-state index is 13.1. The normalized spacial score (nSPS) is 14.8. The molecule has 0 radical (unpaired) electrons. The Balaban J connectivity index is 1.69. The summed E-state index contributed by atoms with van der Waals surface area (Å²) in [6.45, 7) is 0. The minimum absolute atomic E-state index is 0.312. The van der Waals surface area contributed by atoms with Crippen molar-refractivity contribution in [3.8, 4) is 0 Å². The third-order valence-electron chi connectivity index (χ3n) is 3.80. The zero-order valence-corrected chi connectivity index (χ0v) is 12.2. The molecular weight excluding hydrogens is 281 g/mol. The van der Waals surface area contributed by atoms with Gasteiger partial charge in [-0.15, -0.1) is 0 Å². The summed E-state index contributed by atoms with van der Waals surface area (Å²) in [6.07, 6.45) is 6.42. The highest BCUT2D eigenvalue weighted by Gasteiger charge is 2.15. The Morgan fingerprint density at radius 2 is 1.95 bits per heavy atom. The number of pyridine rings is 1. The molecule has 0 bridgehead atoms. The molecule has 2 N–H and O–H groups in total. The maximum Gasteiger partial charge on any atom is 0.274 e. The SMILES string of the molecule is O=C(Nc1cccc(F)c1)c1cc(NC2CCCC2)ccn1. The molecule has 1 aliphatic carbocycles. The summed E-state index contributed by atoms with van der Waals surface area (Å²) in [4.78, 5) is 16.3. The van der Waals surface area contributed by atoms with Gasteiger partial charge in [0.05, 0.1) is 0 Å². The van der Waals surface area contributed by atoms with Crippen LogP contribution in [0.5, 0.6) is 0 Å². The van der Waals surface area contributed by atoms with Crippen molar-refractivity contribution < 1.29 is 9.18 Å². The van der Waals surface area contributed by atoms with Crippen LogP contribution >= 0.6 is 0 Å². The molecule has 1 saturated carbocycles. The average molecular weight is 299 g/mol. The van der Waals surface area contributed by atoms with Crippen molar-refractivity contribution in [1.29, 1.82) is 0 Å². The number of rotatable bonds is 4. The Hall–Kier alpha value is -2.43. The summed E-state index contributed by atoms with van der Waals surface area (Å²) >= 11 is 0. The largest absolute Gasteiger partial charge is 0.382 e. The van der Waals surface area contributed by atoms with Gasteiger partial charge >= 0.3 is 0 Å². The molecule has 0 aliphatic heterocycles. The van der Waals surface area contributed by atoms with Gasteiger partial charge < -0.3 is 10.6 Å². The van der Waals surface area contributed by atoms with E-state index < -0.39 is 0 Å². The van der Waals surface area contributed by atoms with Crippen molar-refractivity contribution in [3.63, 3.8) is 0 Å². The number of nitrogens with zero attached hydrogens (tertiary/aromatic N) is 1. The smallest absolute Gasteiger partial charge is 0.274 e. The molecule has 4 nitrogen and oxygen atoms in total. The van der Waals surface area contributed by atoms with Crippen molar-refractivity contribution in [2.75, 3.05) is 10.6 Å². The number of anilines is 2. The van der Waals surface area contributed by atoms with Crippen LogP contribution in [0, 0.1) is 5.82 Å². The fourth-order valence-electron chi connectivity index (χ4n) is 2.71. The molecule has 5 heteroatoms. The maximum atomic E-state index is 13.1. The first-order chi connectivity index (χ1) is 10.7. The molecule has 1 aromatic heterocycles. The Kier molecular flexibility index (Phi) is 4.32. The van der Waals surface area contributed by atoms with Crippen LogP contribution in [0.3, 0.4) is 0 Å². The fraction of sp³-hybridized carbons (Fsp3) is 0.294. The van der Waals surface area contributed by atoms with Crippen LogP contribution in [0.2, 0.25) is 0 Å². The second kappa shape index (κ2) is 6.56. The van der Waals surface area contributed by atoms with E-state index in [9.17, 15) is 9.18 Å². The Morgan fingerprint density at radius 3 is 2.73 bits per heavy atom. The first-order valence-corrected chi connectivity index (χ1v) is 7.50. The minimum atomic E-state index is -0.387. The molecule has 2 aromatic rings. The van der Waals surface area contributed by atoms with Gasteiger partial charge in [-0.05, 0) is 43.2 Å². The van der Waals surface area contributed by atoms with Crippen molar-refractivity contribution in [2.24, 2.45) is 0 Å². The lowest BCUT2D eigenvalue weighted by atomic mass is 10.2. The highest BCUT2D eigenvalue weighted by molar-refractivity contribution is 6.03. The zero-order chi connectivity index (χ0) is 15.4. The lowest BCUT2D eigenvalue weighted by Gasteiger charge is -2.14. The van der Waals surface area contributed by atoms with Crippen LogP contribution in [-0.4, -0.2) is 16.9 Å². The Labute approximate surface area is 128 Å². The lowest BCUT2D eigenvalue weighted by Crippen LogP contribution is -2.17. The van der Waals surface area contributed by atoms with Crippen molar-refractivity contribution >= 4 is 17.3 Å². The number of aromatic nitrogens is 1. The molecule has 0 spiro atoms. The second-order valence-electron chi connectivity index (χ2n) is 5.52. The summed E-state index contributed by atoms with van der Waals surface area (Å²) in [7, 11) is 0. The van der Waals surface area contributed by atoms with E-state index in [4.69, 9.17) is 0 Å². The van der Waals surface area contributed by atoms with Crippen LogP contribution in [0.15, 0.2) is 42.6 Å². The van der Waals surface area contributed by atoms with E-state index in [1.165, 1.54) is 25.0 Å². The van der Waals surface area contributed by atoms with Gasteiger partial charge in [-0.2, -0.15) is 0 Å². The Bertz CT molecular complexity index is 668. The number of carbonyl (C=O) groups excluding carboxylic acids is 1. The molecule has 1 heterocycles. The molecule has 1 fully saturated rings. The quantitative estimate of drug-likeness (QED) is 0.902. The standard InChI is InChI=1S/C17H18FN3O/c18-12-4-3-7-14(10-12)21-17(22)16-11-15(8-9-19-16)20-13-5-1-2-6-13/h3-4,7-11,13H,1-2,5-6H2,(H,19,20)(H,21,22). The minimum Gasteiger partial charge on any atom is -0.382 e. The van der Waals surface area contributed by atoms with E-state index in [0.29, 0.717) is 17.4 Å². The summed E-state index contributed by atoms with van der Waals surface area (Å²) in [6, 6.07) is 9.86. The van der Waals surface area contributed by atoms with Gasteiger partial charge in [0, 0.05) is 23.6 Å². The van der Waals surface area contributed by atoms with Gasteiger partial charge in [0.25, 0.3) is 5.91 Å². The number of carbonyl (C=O) groups is 1. The molecule has 0 atom stereocenters. The highest BCUT2D eigenvalue weighted by Crippen LogP contribution is 2.22. The highest BCUT2D eigenvalue weighted by atomic mass is 19.1. The predicted octanol–water partition coefficient (Wildman–Crippen LogP) is 3.83. The van der Waals surface area contributed by atoms with E-state index in [1.807, 2.05) is 6.07 Å². The summed E-state index contributed by atoms with van der Waals surface area (Å²) in [5.74, 6) is -0.733. The van der Waals surface area contributed by atoms with E-state index in [-0.39, 0.29) is 11.7 Å². The number of halogens is 1. The molecule has 0 unspecified atom stereocenters. The second-order valence-corrected chi connectivity index (χ2v) is 5.52. The van der Waals surface area contributed by atoms with Gasteiger partial charge in [-0.25, -0.2) is 4.39 Å². The molecular formula is C17H18FN3O. The Morgan fingerprint density at radius 1 is 1.14 bits per heavy atom. The van der Waals surface area contributed by atoms with Crippen molar-refractivity contribution in [3.05, 3.63) is 54.1 Å². The summed E-state index contributed by atoms with van der Waals surface area (Å²) < 4.78 is 13.1. The van der Waals surface area contributed by atoms with E-state index in [2.05, 4.69) is 15.6 Å². The van der Waals surface area contributed by atoms with Gasteiger partial charge in [0.15, 0.2) is 0 Å². The zero-order valence-electron chi connectivity index (χ0n) is 12.2. The van der Waals surface area contributed by atoms with Crippen LogP contribution in [0.1, 0.15) is 36.2 Å². The van der Waals surface area contributed by atoms with Crippen LogP contribution < -0.4 is 10.6 Å². The molecule has 0 saturated heterocycles. The van der Waals surface area contributed by atoms with Gasteiger partial charge in [-0.3, -0.25) is 9.78 Å². The number of amides is 1. The first-order valence-electron chi connectivity index (χ1n) is 7.50. The summed E-state index contributed by atoms with van der Waals surface area (Å²) in [5.41, 5.74) is 1.62. The fourth-order valence-corrected chi connectivity index (χ4v) is 2.71. The van der Waals surface area contributed by atoms with Crippen LogP contribution in [0.4, 0.5) is 15.8 Å². The number of hydrogen-bond acceptors (Lipinski definition) is 3. The monoisotopic (exact) mass is 299 g/mol. The molecule has 1 aromatic carbocycles. The first kappa shape index (κ1) is 14.5. The van der Waals surface area contributed by atoms with E-state index in [0.717, 1.165) is 18.5 Å². The van der Waals surface area contributed by atoms with Crippen molar-refractivity contribution in [2.45, 2.75) is 31.7 Å². The molecule has 1 aliphatic rings. The number of benzene rings is 1. The summed E-state index contributed by atoms with van der Waals surface area (Å²) in [5, 5.41) is 6.08. The molecule has 114 valence electrons. The van der Waals surface area contributed by atoms with E-state index >= 15 is 0 Å². The van der Waals surface area contributed by atoms with Gasteiger partial charge in [-0.1, -0.05) is 18.9 Å². The van der Waals surface area contributed by atoms with Gasteiger partial charge in [0.2, 0.25) is 0 Å². The topological polar surface area (TPSA) is 54.0 Å². The molecule has 1 amide bonds. The third kappa shape index (κ3) is 3.61.